The molecule has 3 heterocycles. The van der Waals surface area contributed by atoms with E-state index in [9.17, 15) is 18.3 Å². The molecule has 4 rings (SSSR count). The first kappa shape index (κ1) is 27.8. The average Bonchev–Trinajstić information content (AvgIpc) is 2.76. The van der Waals surface area contributed by atoms with Gasteiger partial charge in [-0.05, 0) is 73.3 Å². The second-order valence-electron chi connectivity index (χ2n) is 12.2. The lowest BCUT2D eigenvalue weighted by molar-refractivity contribution is -0.136. The minimum absolute atomic E-state index is 0.0582. The standard InChI is InChI=1S/C27H40F3N5O2/c1-16(11-27(28,29)30)33-24-32-15-21-22(34-24)20(17-7-9-18(36)10-8-17)14-31-23(21)37-19-12-25(2,3)35(6)26(4,5)13-19/h14-19,36H,7-13H2,1-6H3,(H,32,33,34)/t16-,17-,18-/m0/s1. The van der Waals surface area contributed by atoms with Crippen molar-refractivity contribution in [2.24, 2.45) is 0 Å². The fourth-order valence-electron chi connectivity index (χ4n) is 6.01. The van der Waals surface area contributed by atoms with E-state index in [-0.39, 0.29) is 35.2 Å². The van der Waals surface area contributed by atoms with Gasteiger partial charge < -0.3 is 15.2 Å². The molecule has 2 aromatic heterocycles. The molecule has 206 valence electrons. The van der Waals surface area contributed by atoms with E-state index in [1.54, 1.807) is 12.4 Å². The van der Waals surface area contributed by atoms with Gasteiger partial charge in [-0.25, -0.2) is 15.0 Å². The van der Waals surface area contributed by atoms with Gasteiger partial charge in [-0.2, -0.15) is 13.2 Å². The summed E-state index contributed by atoms with van der Waals surface area (Å²) in [5.74, 6) is 0.759. The summed E-state index contributed by atoms with van der Waals surface area (Å²) < 4.78 is 45.1. The molecule has 1 aliphatic carbocycles. The van der Waals surface area contributed by atoms with Crippen LogP contribution in [0.15, 0.2) is 12.4 Å². The van der Waals surface area contributed by atoms with Gasteiger partial charge >= 0.3 is 6.18 Å². The molecule has 2 N–H and O–H groups in total. The van der Waals surface area contributed by atoms with E-state index in [2.05, 4.69) is 54.9 Å². The number of ether oxygens (including phenoxy) is 1. The maximum atomic E-state index is 12.9. The van der Waals surface area contributed by atoms with Crippen LogP contribution in [0.1, 0.15) is 91.0 Å². The number of hydrogen-bond donors (Lipinski definition) is 2. The van der Waals surface area contributed by atoms with Gasteiger partial charge in [-0.15, -0.1) is 0 Å². The number of alkyl halides is 3. The first-order valence-corrected chi connectivity index (χ1v) is 13.2. The van der Waals surface area contributed by atoms with Crippen molar-refractivity contribution < 1.29 is 23.0 Å². The number of pyridine rings is 1. The highest BCUT2D eigenvalue weighted by atomic mass is 19.4. The molecule has 0 radical (unpaired) electrons. The largest absolute Gasteiger partial charge is 0.474 e. The molecule has 1 saturated carbocycles. The number of fused-ring (bicyclic) bond motifs is 1. The van der Waals surface area contributed by atoms with Crippen molar-refractivity contribution in [3.8, 4) is 5.88 Å². The van der Waals surface area contributed by atoms with Crippen LogP contribution in [0, 0.1) is 0 Å². The molecule has 10 heteroatoms. The van der Waals surface area contributed by atoms with Crippen molar-refractivity contribution in [1.29, 1.82) is 0 Å². The van der Waals surface area contributed by atoms with E-state index in [4.69, 9.17) is 9.72 Å². The lowest BCUT2D eigenvalue weighted by Gasteiger charge is -2.53. The van der Waals surface area contributed by atoms with E-state index in [0.717, 1.165) is 31.2 Å². The molecule has 0 unspecified atom stereocenters. The van der Waals surface area contributed by atoms with Crippen LogP contribution in [0.5, 0.6) is 5.88 Å². The number of nitrogens with zero attached hydrogens (tertiary/aromatic N) is 4. The summed E-state index contributed by atoms with van der Waals surface area (Å²) in [7, 11) is 2.14. The van der Waals surface area contributed by atoms with E-state index in [1.807, 2.05) is 0 Å². The van der Waals surface area contributed by atoms with Crippen LogP contribution in [0.4, 0.5) is 19.1 Å². The van der Waals surface area contributed by atoms with Gasteiger partial charge in [0, 0.05) is 47.9 Å². The molecule has 1 aliphatic heterocycles. The number of aromatic nitrogens is 3. The Morgan fingerprint density at radius 1 is 1.08 bits per heavy atom. The smallest absolute Gasteiger partial charge is 0.391 e. The van der Waals surface area contributed by atoms with Crippen LogP contribution < -0.4 is 10.1 Å². The van der Waals surface area contributed by atoms with E-state index in [1.165, 1.54) is 6.92 Å². The van der Waals surface area contributed by atoms with Gasteiger partial charge in [0.2, 0.25) is 11.8 Å². The lowest BCUT2D eigenvalue weighted by atomic mass is 9.79. The Morgan fingerprint density at radius 2 is 1.70 bits per heavy atom. The Labute approximate surface area is 217 Å². The molecule has 0 amide bonds. The summed E-state index contributed by atoms with van der Waals surface area (Å²) in [5.41, 5.74) is 1.45. The number of anilines is 1. The molecule has 0 spiro atoms. The minimum Gasteiger partial charge on any atom is -0.474 e. The van der Waals surface area contributed by atoms with Gasteiger partial charge in [0.25, 0.3) is 0 Å². The van der Waals surface area contributed by atoms with Crippen molar-refractivity contribution in [2.45, 2.75) is 121 Å². The topological polar surface area (TPSA) is 83.4 Å². The molecule has 2 aromatic rings. The second-order valence-corrected chi connectivity index (χ2v) is 12.2. The Balaban J connectivity index is 1.68. The molecule has 1 saturated heterocycles. The normalized spacial score (nSPS) is 25.7. The number of nitrogens with one attached hydrogen (secondary N) is 1. The van der Waals surface area contributed by atoms with Crippen molar-refractivity contribution in [1.82, 2.24) is 19.9 Å². The third-order valence-electron chi connectivity index (χ3n) is 8.21. The Hall–Kier alpha value is -2.20. The first-order valence-electron chi connectivity index (χ1n) is 13.2. The third-order valence-corrected chi connectivity index (χ3v) is 8.21. The van der Waals surface area contributed by atoms with Crippen molar-refractivity contribution in [3.63, 3.8) is 0 Å². The summed E-state index contributed by atoms with van der Waals surface area (Å²) in [6.07, 6.45) is 2.43. The number of hydrogen-bond acceptors (Lipinski definition) is 7. The fourth-order valence-corrected chi connectivity index (χ4v) is 6.01. The van der Waals surface area contributed by atoms with Gasteiger partial charge in [0.15, 0.2) is 0 Å². The molecule has 2 fully saturated rings. The SMILES string of the molecule is C[C@@H](CC(F)(F)F)Nc1ncc2c(OC3CC(C)(C)N(C)C(C)(C)C3)ncc([C@H]3CC[C@H](O)CC3)c2n1. The van der Waals surface area contributed by atoms with Gasteiger partial charge in [0.1, 0.15) is 6.10 Å². The lowest BCUT2D eigenvalue weighted by Crippen LogP contribution is -2.60. The number of likely N-dealkylation sites (tertiary alicyclic amines) is 1. The maximum absolute atomic E-state index is 12.9. The Kier molecular flexibility index (Phi) is 7.65. The first-order chi connectivity index (χ1) is 17.1. The van der Waals surface area contributed by atoms with E-state index in [0.29, 0.717) is 29.6 Å². The summed E-state index contributed by atoms with van der Waals surface area (Å²) in [5, 5.41) is 13.5. The van der Waals surface area contributed by atoms with E-state index < -0.39 is 18.6 Å². The quantitative estimate of drug-likeness (QED) is 0.493. The third kappa shape index (κ3) is 6.45. The van der Waals surface area contributed by atoms with Crippen molar-refractivity contribution in [2.75, 3.05) is 12.4 Å². The number of rotatable bonds is 6. The summed E-state index contributed by atoms with van der Waals surface area (Å²) >= 11 is 0. The van der Waals surface area contributed by atoms with Crippen LogP contribution >= 0.6 is 0 Å². The average molecular weight is 524 g/mol. The molecule has 7 nitrogen and oxygen atoms in total. The van der Waals surface area contributed by atoms with Gasteiger partial charge in [0.05, 0.1) is 23.4 Å². The summed E-state index contributed by atoms with van der Waals surface area (Å²) in [6, 6.07) is -0.869. The number of piperidine rings is 1. The Bertz CT molecular complexity index is 1080. The molecule has 1 atom stereocenters. The molecule has 37 heavy (non-hydrogen) atoms. The molecule has 2 aliphatic rings. The zero-order valence-corrected chi connectivity index (χ0v) is 22.7. The predicted octanol–water partition coefficient (Wildman–Crippen LogP) is 5.83. The number of aliphatic hydroxyl groups is 1. The molecule has 0 bridgehead atoms. The van der Waals surface area contributed by atoms with Crippen LogP contribution in [0.3, 0.4) is 0 Å². The minimum atomic E-state index is -4.28. The van der Waals surface area contributed by atoms with E-state index >= 15 is 0 Å². The molecular formula is C27H40F3N5O2. The highest BCUT2D eigenvalue weighted by molar-refractivity contribution is 5.86. The van der Waals surface area contributed by atoms with Crippen LogP contribution in [-0.4, -0.2) is 67.5 Å². The predicted molar refractivity (Wildman–Crippen MR) is 138 cm³/mol. The highest BCUT2D eigenvalue weighted by Crippen LogP contribution is 2.41. The van der Waals surface area contributed by atoms with Crippen molar-refractivity contribution in [3.05, 3.63) is 18.0 Å². The second kappa shape index (κ2) is 10.2. The van der Waals surface area contributed by atoms with Crippen LogP contribution in [0.2, 0.25) is 0 Å². The zero-order valence-electron chi connectivity index (χ0n) is 22.7. The van der Waals surface area contributed by atoms with Gasteiger partial charge in [-0.3, -0.25) is 4.90 Å². The zero-order chi connectivity index (χ0) is 27.2. The monoisotopic (exact) mass is 523 g/mol. The van der Waals surface area contributed by atoms with Crippen LogP contribution in [-0.2, 0) is 0 Å². The fraction of sp³-hybridized carbons (Fsp3) is 0.741. The van der Waals surface area contributed by atoms with Gasteiger partial charge in [-0.1, -0.05) is 0 Å². The number of halogens is 3. The van der Waals surface area contributed by atoms with Crippen molar-refractivity contribution >= 4 is 16.9 Å². The maximum Gasteiger partial charge on any atom is 0.391 e. The molecule has 0 aromatic carbocycles. The van der Waals surface area contributed by atoms with Crippen LogP contribution in [0.25, 0.3) is 10.9 Å². The summed E-state index contributed by atoms with van der Waals surface area (Å²) in [6.45, 7) is 10.3. The highest BCUT2D eigenvalue weighted by Gasteiger charge is 2.44. The summed E-state index contributed by atoms with van der Waals surface area (Å²) in [4.78, 5) is 16.1. The number of aliphatic hydroxyl groups excluding tert-OH is 1. The molecular weight excluding hydrogens is 483 g/mol. The Morgan fingerprint density at radius 3 is 2.30 bits per heavy atom.